The van der Waals surface area contributed by atoms with E-state index in [9.17, 15) is 15.0 Å². The molecule has 1 amide bonds. The maximum absolute atomic E-state index is 12.4. The summed E-state index contributed by atoms with van der Waals surface area (Å²) in [6, 6.07) is 6.74. The van der Waals surface area contributed by atoms with Gasteiger partial charge in [0, 0.05) is 19.6 Å². The first kappa shape index (κ1) is 16.8. The highest BCUT2D eigenvalue weighted by Crippen LogP contribution is 2.23. The number of aromatic hydroxyl groups is 1. The number of nitrogens with zero attached hydrogens (tertiary/aromatic N) is 2. The van der Waals surface area contributed by atoms with Crippen LogP contribution in [-0.2, 0) is 11.2 Å². The highest BCUT2D eigenvalue weighted by molar-refractivity contribution is 5.78. The Labute approximate surface area is 132 Å². The van der Waals surface area contributed by atoms with Crippen LogP contribution in [0.25, 0.3) is 0 Å². The Hall–Kier alpha value is -1.59. The average Bonchev–Trinajstić information content (AvgIpc) is 2.62. The molecule has 1 fully saturated rings. The van der Waals surface area contributed by atoms with E-state index < -0.39 is 5.60 Å². The Morgan fingerprint density at radius 1 is 1.23 bits per heavy atom. The van der Waals surface area contributed by atoms with Gasteiger partial charge in [0.15, 0.2) is 0 Å². The second kappa shape index (κ2) is 7.11. The van der Waals surface area contributed by atoms with Gasteiger partial charge < -0.3 is 20.0 Å². The van der Waals surface area contributed by atoms with Crippen molar-refractivity contribution in [3.63, 3.8) is 0 Å². The summed E-state index contributed by atoms with van der Waals surface area (Å²) in [5.74, 6) is 0.291. The number of aliphatic hydroxyl groups is 1. The number of likely N-dealkylation sites (tertiary alicyclic amines) is 1. The quantitative estimate of drug-likeness (QED) is 0.878. The molecule has 1 aliphatic heterocycles. The minimum absolute atomic E-state index is 0.0831. The molecule has 2 N–H and O–H groups in total. The molecule has 5 nitrogen and oxygen atoms in total. The van der Waals surface area contributed by atoms with Crippen molar-refractivity contribution in [2.45, 2.75) is 31.3 Å². The lowest BCUT2D eigenvalue weighted by atomic mass is 9.94. The summed E-state index contributed by atoms with van der Waals surface area (Å²) >= 11 is 0. The van der Waals surface area contributed by atoms with E-state index in [4.69, 9.17) is 0 Å². The Morgan fingerprint density at radius 2 is 1.91 bits per heavy atom. The molecule has 0 unspecified atom stereocenters. The lowest BCUT2D eigenvalue weighted by Gasteiger charge is -2.30. The molecule has 1 atom stereocenters. The third-order valence-corrected chi connectivity index (χ3v) is 4.17. The molecule has 1 heterocycles. The Balaban J connectivity index is 1.92. The van der Waals surface area contributed by atoms with Gasteiger partial charge in [0.05, 0.1) is 12.0 Å². The molecule has 0 aliphatic carbocycles. The van der Waals surface area contributed by atoms with E-state index in [-0.39, 0.29) is 11.7 Å². The normalized spacial score (nSPS) is 22.6. The first-order valence-corrected chi connectivity index (χ1v) is 7.81. The second-order valence-electron chi connectivity index (χ2n) is 6.54. The molecule has 1 aromatic carbocycles. The second-order valence-corrected chi connectivity index (χ2v) is 6.54. The van der Waals surface area contributed by atoms with E-state index in [2.05, 4.69) is 0 Å². The smallest absolute Gasteiger partial charge is 0.226 e. The molecule has 122 valence electrons. The van der Waals surface area contributed by atoms with Crippen molar-refractivity contribution < 1.29 is 15.0 Å². The number of carbonyl (C=O) groups is 1. The third-order valence-electron chi connectivity index (χ3n) is 4.17. The lowest BCUT2D eigenvalue weighted by Crippen LogP contribution is -2.41. The third kappa shape index (κ3) is 4.71. The van der Waals surface area contributed by atoms with Crippen molar-refractivity contribution >= 4 is 5.91 Å². The number of rotatable bonds is 4. The van der Waals surface area contributed by atoms with Crippen molar-refractivity contribution in [2.75, 3.05) is 33.7 Å². The van der Waals surface area contributed by atoms with Gasteiger partial charge in [-0.25, -0.2) is 0 Å². The monoisotopic (exact) mass is 306 g/mol. The number of phenolic OH excluding ortho intramolecular Hbond substituents is 1. The van der Waals surface area contributed by atoms with Gasteiger partial charge >= 0.3 is 0 Å². The van der Waals surface area contributed by atoms with Gasteiger partial charge in [-0.15, -0.1) is 0 Å². The Kier molecular flexibility index (Phi) is 5.42. The van der Waals surface area contributed by atoms with Gasteiger partial charge in [-0.05, 0) is 51.1 Å². The number of hydrogen-bond donors (Lipinski definition) is 2. The van der Waals surface area contributed by atoms with Crippen LogP contribution in [0.4, 0.5) is 0 Å². The topological polar surface area (TPSA) is 64.0 Å². The van der Waals surface area contributed by atoms with Crippen LogP contribution in [0.1, 0.15) is 24.8 Å². The summed E-state index contributed by atoms with van der Waals surface area (Å²) < 4.78 is 0. The predicted molar refractivity (Wildman–Crippen MR) is 85.7 cm³/mol. The van der Waals surface area contributed by atoms with Crippen LogP contribution < -0.4 is 0 Å². The fraction of sp³-hybridized carbons (Fsp3) is 0.588. The van der Waals surface area contributed by atoms with Crippen molar-refractivity contribution in [3.05, 3.63) is 29.8 Å². The molecule has 1 saturated heterocycles. The van der Waals surface area contributed by atoms with Gasteiger partial charge in [-0.3, -0.25) is 4.79 Å². The van der Waals surface area contributed by atoms with Gasteiger partial charge in [0.1, 0.15) is 5.75 Å². The summed E-state index contributed by atoms with van der Waals surface area (Å²) in [6.45, 7) is 1.93. The molecule has 0 spiro atoms. The van der Waals surface area contributed by atoms with Crippen LogP contribution in [0, 0.1) is 0 Å². The summed E-state index contributed by atoms with van der Waals surface area (Å²) in [5, 5.41) is 19.9. The van der Waals surface area contributed by atoms with E-state index >= 15 is 0 Å². The van der Waals surface area contributed by atoms with Crippen LogP contribution in [0.15, 0.2) is 24.3 Å². The standard InChI is InChI=1S/C17H26N2O3/c1-18(2)13-17(22)8-3-10-19(11-9-17)16(21)12-14-4-6-15(20)7-5-14/h4-7,20,22H,3,8-13H2,1-2H3/t17-/m0/s1. The molecule has 0 aromatic heterocycles. The minimum atomic E-state index is -0.697. The van der Waals surface area contributed by atoms with Crippen LogP contribution in [0.5, 0.6) is 5.75 Å². The van der Waals surface area contributed by atoms with E-state index in [1.807, 2.05) is 23.9 Å². The number of hydrogen-bond acceptors (Lipinski definition) is 4. The molecule has 22 heavy (non-hydrogen) atoms. The Morgan fingerprint density at radius 3 is 2.55 bits per heavy atom. The number of amides is 1. The highest BCUT2D eigenvalue weighted by Gasteiger charge is 2.31. The van der Waals surface area contributed by atoms with E-state index in [1.54, 1.807) is 24.3 Å². The van der Waals surface area contributed by atoms with Gasteiger partial charge in [0.25, 0.3) is 0 Å². The highest BCUT2D eigenvalue weighted by atomic mass is 16.3. The zero-order valence-electron chi connectivity index (χ0n) is 13.5. The number of carbonyl (C=O) groups excluding carboxylic acids is 1. The van der Waals surface area contributed by atoms with Gasteiger partial charge in [0.2, 0.25) is 5.91 Å². The first-order chi connectivity index (χ1) is 10.4. The van der Waals surface area contributed by atoms with Crippen molar-refractivity contribution in [1.29, 1.82) is 0 Å². The van der Waals surface area contributed by atoms with E-state index in [0.29, 0.717) is 32.5 Å². The number of benzene rings is 1. The lowest BCUT2D eigenvalue weighted by molar-refractivity contribution is -0.130. The SMILES string of the molecule is CN(C)C[C@]1(O)CCCN(C(=O)Cc2ccc(O)cc2)CC1. The molecular weight excluding hydrogens is 280 g/mol. The van der Waals surface area contributed by atoms with Crippen LogP contribution in [-0.4, -0.2) is 65.3 Å². The van der Waals surface area contributed by atoms with Gasteiger partial charge in [-0.1, -0.05) is 12.1 Å². The number of likely N-dealkylation sites (N-methyl/N-ethyl adjacent to an activating group) is 1. The molecule has 0 bridgehead atoms. The van der Waals surface area contributed by atoms with Crippen molar-refractivity contribution in [2.24, 2.45) is 0 Å². The fourth-order valence-corrected chi connectivity index (χ4v) is 3.08. The van der Waals surface area contributed by atoms with E-state index in [0.717, 1.165) is 18.4 Å². The summed E-state index contributed by atoms with van der Waals surface area (Å²) in [7, 11) is 3.91. The maximum Gasteiger partial charge on any atom is 0.226 e. The van der Waals surface area contributed by atoms with Crippen molar-refractivity contribution in [1.82, 2.24) is 9.80 Å². The molecule has 1 aromatic rings. The zero-order valence-corrected chi connectivity index (χ0v) is 13.5. The molecule has 0 radical (unpaired) electrons. The number of phenols is 1. The van der Waals surface area contributed by atoms with Crippen LogP contribution >= 0.6 is 0 Å². The molecular formula is C17H26N2O3. The largest absolute Gasteiger partial charge is 0.508 e. The Bertz CT molecular complexity index is 501. The van der Waals surface area contributed by atoms with Crippen LogP contribution in [0.2, 0.25) is 0 Å². The van der Waals surface area contributed by atoms with Crippen molar-refractivity contribution in [3.8, 4) is 5.75 Å². The summed E-state index contributed by atoms with van der Waals surface area (Å²) in [5.41, 5.74) is 0.201. The maximum atomic E-state index is 12.4. The summed E-state index contributed by atoms with van der Waals surface area (Å²) in [6.07, 6.45) is 2.51. The fourth-order valence-electron chi connectivity index (χ4n) is 3.08. The molecule has 5 heteroatoms. The van der Waals surface area contributed by atoms with Crippen LogP contribution in [0.3, 0.4) is 0 Å². The van der Waals surface area contributed by atoms with E-state index in [1.165, 1.54) is 0 Å². The molecule has 0 saturated carbocycles. The molecule has 1 aliphatic rings. The van der Waals surface area contributed by atoms with Gasteiger partial charge in [-0.2, -0.15) is 0 Å². The summed E-state index contributed by atoms with van der Waals surface area (Å²) in [4.78, 5) is 16.3. The predicted octanol–water partition coefficient (Wildman–Crippen LogP) is 1.24. The minimum Gasteiger partial charge on any atom is -0.508 e. The average molecular weight is 306 g/mol. The first-order valence-electron chi connectivity index (χ1n) is 7.81. The molecule has 2 rings (SSSR count). The zero-order chi connectivity index (χ0) is 16.2.